The molecule has 1 aromatic carbocycles. The fraction of sp³-hybridized carbons (Fsp3) is 0.500. The van der Waals surface area contributed by atoms with Gasteiger partial charge in [0.05, 0.1) is 6.10 Å². The predicted molar refractivity (Wildman–Crippen MR) is 92.0 cm³/mol. The van der Waals surface area contributed by atoms with Crippen LogP contribution in [0, 0.1) is 0 Å². The lowest BCUT2D eigenvalue weighted by molar-refractivity contribution is -0.120. The maximum Gasteiger partial charge on any atom is 0.224 e. The van der Waals surface area contributed by atoms with Crippen molar-refractivity contribution in [2.75, 3.05) is 26.2 Å². The Balaban J connectivity index is 1.61. The van der Waals surface area contributed by atoms with Crippen molar-refractivity contribution < 1.29 is 9.90 Å². The summed E-state index contributed by atoms with van der Waals surface area (Å²) in [5.41, 5.74) is 1.21. The zero-order valence-corrected chi connectivity index (χ0v) is 13.6. The summed E-state index contributed by atoms with van der Waals surface area (Å²) in [7, 11) is 0. The fourth-order valence-corrected chi connectivity index (χ4v) is 2.88. The van der Waals surface area contributed by atoms with E-state index in [1.807, 2.05) is 18.2 Å². The van der Waals surface area contributed by atoms with Crippen LogP contribution in [-0.4, -0.2) is 54.2 Å². The summed E-state index contributed by atoms with van der Waals surface area (Å²) < 4.78 is 0. The lowest BCUT2D eigenvalue weighted by Gasteiger charge is -2.20. The number of β-amino-alcohol motifs (C(OH)–C–C–N with tert-alkyl or cyclic N) is 1. The molecule has 2 atom stereocenters. The van der Waals surface area contributed by atoms with Gasteiger partial charge in [-0.2, -0.15) is 0 Å². The van der Waals surface area contributed by atoms with Gasteiger partial charge in [-0.05, 0) is 12.0 Å². The molecule has 3 N–H and O–H groups in total. The number of aliphatic hydroxyl groups is 1. The zero-order chi connectivity index (χ0) is 16.5. The number of rotatable bonds is 9. The summed E-state index contributed by atoms with van der Waals surface area (Å²) in [6.45, 7) is 7.25. The Morgan fingerprint density at radius 2 is 2.22 bits per heavy atom. The minimum atomic E-state index is -0.402. The molecule has 0 bridgehead atoms. The van der Waals surface area contributed by atoms with E-state index in [1.54, 1.807) is 6.08 Å². The van der Waals surface area contributed by atoms with E-state index in [9.17, 15) is 9.90 Å². The number of likely N-dealkylation sites (tertiary alicyclic amines) is 1. The van der Waals surface area contributed by atoms with Crippen molar-refractivity contribution in [2.24, 2.45) is 0 Å². The number of aliphatic hydroxyl groups excluding tert-OH is 1. The van der Waals surface area contributed by atoms with Crippen LogP contribution in [0.1, 0.15) is 18.4 Å². The van der Waals surface area contributed by atoms with E-state index >= 15 is 0 Å². The molecule has 5 heteroatoms. The van der Waals surface area contributed by atoms with E-state index in [0.717, 1.165) is 26.1 Å². The van der Waals surface area contributed by atoms with Crippen LogP contribution >= 0.6 is 0 Å². The van der Waals surface area contributed by atoms with Gasteiger partial charge in [-0.25, -0.2) is 0 Å². The molecular weight excluding hydrogens is 290 g/mol. The Morgan fingerprint density at radius 1 is 1.43 bits per heavy atom. The number of carbonyl (C=O) groups is 1. The minimum Gasteiger partial charge on any atom is -0.390 e. The van der Waals surface area contributed by atoms with Crippen LogP contribution in [0.2, 0.25) is 0 Å². The standard InChI is InChI=1S/C18H27N3O2/c1-2-6-18(23)20-16-9-10-21(13-16)14-17(22)12-19-11-15-7-4-3-5-8-15/h2-5,7-8,16-17,19,22H,1,6,9-14H2,(H,20,23)/t16-,17-/m1/s1. The Hall–Kier alpha value is -1.69. The Bertz CT molecular complexity index is 492. The van der Waals surface area contributed by atoms with Crippen LogP contribution in [0.3, 0.4) is 0 Å². The van der Waals surface area contributed by atoms with Crippen LogP contribution in [-0.2, 0) is 11.3 Å². The Labute approximate surface area is 138 Å². The lowest BCUT2D eigenvalue weighted by atomic mass is 10.2. The van der Waals surface area contributed by atoms with Gasteiger partial charge in [-0.15, -0.1) is 6.58 Å². The van der Waals surface area contributed by atoms with Gasteiger partial charge in [0, 0.05) is 45.2 Å². The third kappa shape index (κ3) is 6.52. The Kier molecular flexibility index (Phi) is 7.26. The first-order chi connectivity index (χ1) is 11.2. The van der Waals surface area contributed by atoms with Gasteiger partial charge in [0.15, 0.2) is 0 Å². The minimum absolute atomic E-state index is 0.0249. The normalized spacial score (nSPS) is 19.4. The van der Waals surface area contributed by atoms with Gasteiger partial charge in [-0.3, -0.25) is 9.69 Å². The SMILES string of the molecule is C=CCC(=O)N[C@@H]1CCN(C[C@H](O)CNCc2ccccc2)C1. The third-order valence-electron chi connectivity index (χ3n) is 3.99. The highest BCUT2D eigenvalue weighted by molar-refractivity contribution is 5.77. The monoisotopic (exact) mass is 317 g/mol. The molecule has 1 fully saturated rings. The Morgan fingerprint density at radius 3 is 2.96 bits per heavy atom. The topological polar surface area (TPSA) is 64.6 Å². The first kappa shape index (κ1) is 17.7. The van der Waals surface area contributed by atoms with Crippen LogP contribution < -0.4 is 10.6 Å². The number of benzene rings is 1. The van der Waals surface area contributed by atoms with Gasteiger partial charge < -0.3 is 15.7 Å². The van der Waals surface area contributed by atoms with Crippen molar-refractivity contribution in [1.29, 1.82) is 0 Å². The molecule has 0 spiro atoms. The second kappa shape index (κ2) is 9.45. The zero-order valence-electron chi connectivity index (χ0n) is 13.6. The van der Waals surface area contributed by atoms with Crippen molar-refractivity contribution in [2.45, 2.75) is 31.5 Å². The molecule has 1 saturated heterocycles. The van der Waals surface area contributed by atoms with Crippen molar-refractivity contribution in [3.8, 4) is 0 Å². The number of carbonyl (C=O) groups excluding carboxylic acids is 1. The van der Waals surface area contributed by atoms with Crippen molar-refractivity contribution >= 4 is 5.91 Å². The highest BCUT2D eigenvalue weighted by atomic mass is 16.3. The largest absolute Gasteiger partial charge is 0.390 e. The average Bonchev–Trinajstić information content (AvgIpc) is 2.95. The predicted octanol–water partition coefficient (Wildman–Crippen LogP) is 0.904. The molecule has 23 heavy (non-hydrogen) atoms. The molecule has 1 aliphatic heterocycles. The summed E-state index contributed by atoms with van der Waals surface area (Å²) in [4.78, 5) is 13.7. The third-order valence-corrected chi connectivity index (χ3v) is 3.99. The molecule has 126 valence electrons. The van der Waals surface area contributed by atoms with E-state index < -0.39 is 6.10 Å². The molecule has 0 saturated carbocycles. The summed E-state index contributed by atoms with van der Waals surface area (Å²) in [6, 6.07) is 10.3. The van der Waals surface area contributed by atoms with Crippen LogP contribution in [0.5, 0.6) is 0 Å². The first-order valence-electron chi connectivity index (χ1n) is 8.22. The number of nitrogens with one attached hydrogen (secondary N) is 2. The van der Waals surface area contributed by atoms with Gasteiger partial charge >= 0.3 is 0 Å². The summed E-state index contributed by atoms with van der Waals surface area (Å²) in [5, 5.41) is 16.4. The van der Waals surface area contributed by atoms with Crippen molar-refractivity contribution in [3.63, 3.8) is 0 Å². The number of amides is 1. The lowest BCUT2D eigenvalue weighted by Crippen LogP contribution is -2.40. The molecule has 1 aliphatic rings. The van der Waals surface area contributed by atoms with Gasteiger partial charge in [-0.1, -0.05) is 36.4 Å². The van der Waals surface area contributed by atoms with Gasteiger partial charge in [0.1, 0.15) is 0 Å². The van der Waals surface area contributed by atoms with Crippen LogP contribution in [0.25, 0.3) is 0 Å². The van der Waals surface area contributed by atoms with Crippen molar-refractivity contribution in [1.82, 2.24) is 15.5 Å². The summed E-state index contributed by atoms with van der Waals surface area (Å²) >= 11 is 0. The summed E-state index contributed by atoms with van der Waals surface area (Å²) in [5.74, 6) is 0.0249. The molecule has 1 aromatic rings. The average molecular weight is 317 g/mol. The van der Waals surface area contributed by atoms with Crippen LogP contribution in [0.4, 0.5) is 0 Å². The highest BCUT2D eigenvalue weighted by Gasteiger charge is 2.24. The smallest absolute Gasteiger partial charge is 0.224 e. The maximum atomic E-state index is 11.5. The fourth-order valence-electron chi connectivity index (χ4n) is 2.88. The van der Waals surface area contributed by atoms with Crippen molar-refractivity contribution in [3.05, 3.63) is 48.6 Å². The van der Waals surface area contributed by atoms with Gasteiger partial charge in [0.2, 0.25) is 5.91 Å². The van der Waals surface area contributed by atoms with E-state index in [1.165, 1.54) is 5.56 Å². The molecular formula is C18H27N3O2. The van der Waals surface area contributed by atoms with E-state index in [2.05, 4.69) is 34.2 Å². The molecule has 0 aromatic heterocycles. The molecule has 1 amide bonds. The van der Waals surface area contributed by atoms with E-state index in [4.69, 9.17) is 0 Å². The first-order valence-corrected chi connectivity index (χ1v) is 8.22. The van der Waals surface area contributed by atoms with E-state index in [0.29, 0.717) is 19.5 Å². The molecule has 5 nitrogen and oxygen atoms in total. The highest BCUT2D eigenvalue weighted by Crippen LogP contribution is 2.10. The molecule has 0 aliphatic carbocycles. The second-order valence-corrected chi connectivity index (χ2v) is 6.08. The number of nitrogens with zero attached hydrogens (tertiary/aromatic N) is 1. The molecule has 2 rings (SSSR count). The molecule has 1 heterocycles. The van der Waals surface area contributed by atoms with Crippen LogP contribution in [0.15, 0.2) is 43.0 Å². The van der Waals surface area contributed by atoms with E-state index in [-0.39, 0.29) is 11.9 Å². The number of hydrogen-bond acceptors (Lipinski definition) is 4. The quantitative estimate of drug-likeness (QED) is 0.592. The maximum absolute atomic E-state index is 11.5. The van der Waals surface area contributed by atoms with Gasteiger partial charge in [0.25, 0.3) is 0 Å². The number of hydrogen-bond donors (Lipinski definition) is 3. The molecule has 0 unspecified atom stereocenters. The second-order valence-electron chi connectivity index (χ2n) is 6.08. The molecule has 0 radical (unpaired) electrons. The summed E-state index contributed by atoms with van der Waals surface area (Å²) in [6.07, 6.45) is 2.51.